The SMILES string of the molecule is Cc1cccc(-n2ccnc2NC2CCCC2)c1. The summed E-state index contributed by atoms with van der Waals surface area (Å²) in [6.07, 6.45) is 9.08. The minimum absolute atomic E-state index is 0.593. The summed E-state index contributed by atoms with van der Waals surface area (Å²) in [5, 5.41) is 3.56. The highest BCUT2D eigenvalue weighted by molar-refractivity contribution is 5.43. The molecule has 1 fully saturated rings. The molecule has 1 aliphatic rings. The van der Waals surface area contributed by atoms with Crippen LogP contribution in [0.5, 0.6) is 0 Å². The fourth-order valence-corrected chi connectivity index (χ4v) is 2.65. The van der Waals surface area contributed by atoms with E-state index < -0.39 is 0 Å². The molecule has 0 bridgehead atoms. The first-order valence-electron chi connectivity index (χ1n) is 6.70. The van der Waals surface area contributed by atoms with Crippen molar-refractivity contribution in [1.82, 2.24) is 9.55 Å². The molecule has 1 aromatic carbocycles. The number of nitrogens with one attached hydrogen (secondary N) is 1. The van der Waals surface area contributed by atoms with Crippen molar-refractivity contribution in [3.05, 3.63) is 42.2 Å². The predicted octanol–water partition coefficient (Wildman–Crippen LogP) is 3.54. The fourth-order valence-electron chi connectivity index (χ4n) is 2.65. The standard InChI is InChI=1S/C15H19N3/c1-12-5-4-8-14(11-12)18-10-9-16-15(18)17-13-6-2-3-7-13/h4-5,8-11,13H,2-3,6-7H2,1H3,(H,16,17). The molecule has 94 valence electrons. The molecule has 0 atom stereocenters. The van der Waals surface area contributed by atoms with Crippen LogP contribution in [0.25, 0.3) is 5.69 Å². The average Bonchev–Trinajstić information content (AvgIpc) is 3.01. The minimum atomic E-state index is 0.593. The maximum absolute atomic E-state index is 4.44. The van der Waals surface area contributed by atoms with Gasteiger partial charge in [0.25, 0.3) is 0 Å². The molecule has 0 amide bonds. The van der Waals surface area contributed by atoms with E-state index in [0.29, 0.717) is 6.04 Å². The molecule has 0 saturated heterocycles. The van der Waals surface area contributed by atoms with Crippen molar-refractivity contribution in [3.8, 4) is 5.69 Å². The van der Waals surface area contributed by atoms with Crippen LogP contribution < -0.4 is 5.32 Å². The molecule has 2 aromatic rings. The van der Waals surface area contributed by atoms with Crippen LogP contribution in [0.3, 0.4) is 0 Å². The topological polar surface area (TPSA) is 29.9 Å². The Kier molecular flexibility index (Phi) is 3.05. The predicted molar refractivity (Wildman–Crippen MR) is 74.2 cm³/mol. The van der Waals surface area contributed by atoms with Gasteiger partial charge < -0.3 is 5.32 Å². The number of hydrogen-bond donors (Lipinski definition) is 1. The average molecular weight is 241 g/mol. The number of aromatic nitrogens is 2. The number of aryl methyl sites for hydroxylation is 1. The van der Waals surface area contributed by atoms with E-state index in [2.05, 4.69) is 46.1 Å². The van der Waals surface area contributed by atoms with Gasteiger partial charge >= 0.3 is 0 Å². The van der Waals surface area contributed by atoms with Gasteiger partial charge in [-0.15, -0.1) is 0 Å². The summed E-state index contributed by atoms with van der Waals surface area (Å²) in [5.74, 6) is 0.965. The van der Waals surface area contributed by atoms with Gasteiger partial charge in [0.2, 0.25) is 5.95 Å². The van der Waals surface area contributed by atoms with Gasteiger partial charge in [0.05, 0.1) is 0 Å². The van der Waals surface area contributed by atoms with Crippen LogP contribution in [-0.4, -0.2) is 15.6 Å². The molecule has 1 saturated carbocycles. The van der Waals surface area contributed by atoms with Crippen molar-refractivity contribution in [1.29, 1.82) is 0 Å². The molecule has 1 N–H and O–H groups in total. The third kappa shape index (κ3) is 2.26. The Morgan fingerprint density at radius 3 is 2.89 bits per heavy atom. The summed E-state index contributed by atoms with van der Waals surface area (Å²) >= 11 is 0. The number of imidazole rings is 1. The zero-order valence-electron chi connectivity index (χ0n) is 10.8. The molecule has 3 nitrogen and oxygen atoms in total. The van der Waals surface area contributed by atoms with E-state index >= 15 is 0 Å². The Hall–Kier alpha value is -1.77. The highest BCUT2D eigenvalue weighted by Gasteiger charge is 2.16. The van der Waals surface area contributed by atoms with Crippen LogP contribution in [0.1, 0.15) is 31.2 Å². The van der Waals surface area contributed by atoms with Crippen LogP contribution in [0.2, 0.25) is 0 Å². The van der Waals surface area contributed by atoms with E-state index in [9.17, 15) is 0 Å². The maximum Gasteiger partial charge on any atom is 0.207 e. The Morgan fingerprint density at radius 2 is 2.11 bits per heavy atom. The molecule has 0 radical (unpaired) electrons. The van der Waals surface area contributed by atoms with E-state index in [-0.39, 0.29) is 0 Å². The summed E-state index contributed by atoms with van der Waals surface area (Å²) in [6, 6.07) is 9.10. The van der Waals surface area contributed by atoms with E-state index in [4.69, 9.17) is 0 Å². The van der Waals surface area contributed by atoms with E-state index in [0.717, 1.165) is 5.95 Å². The highest BCUT2D eigenvalue weighted by Crippen LogP contribution is 2.23. The first-order valence-corrected chi connectivity index (χ1v) is 6.70. The molecule has 1 aliphatic carbocycles. The molecule has 18 heavy (non-hydrogen) atoms. The summed E-state index contributed by atoms with van der Waals surface area (Å²) in [7, 11) is 0. The van der Waals surface area contributed by atoms with Gasteiger partial charge in [0.15, 0.2) is 0 Å². The van der Waals surface area contributed by atoms with Gasteiger partial charge in [0.1, 0.15) is 0 Å². The normalized spacial score (nSPS) is 16.1. The molecule has 1 heterocycles. The zero-order valence-corrected chi connectivity index (χ0v) is 10.8. The van der Waals surface area contributed by atoms with Crippen molar-refractivity contribution in [2.24, 2.45) is 0 Å². The van der Waals surface area contributed by atoms with Crippen LogP contribution in [0.15, 0.2) is 36.7 Å². The Balaban J connectivity index is 1.86. The number of rotatable bonds is 3. The monoisotopic (exact) mass is 241 g/mol. The van der Waals surface area contributed by atoms with Gasteiger partial charge in [0, 0.05) is 24.1 Å². The molecular formula is C15H19N3. The Labute approximate surface area is 108 Å². The number of benzene rings is 1. The lowest BCUT2D eigenvalue weighted by molar-refractivity contribution is 0.740. The zero-order chi connectivity index (χ0) is 12.4. The number of hydrogen-bond acceptors (Lipinski definition) is 2. The second kappa shape index (κ2) is 4.84. The summed E-state index contributed by atoms with van der Waals surface area (Å²) < 4.78 is 2.13. The van der Waals surface area contributed by atoms with Crippen LogP contribution in [0, 0.1) is 6.92 Å². The van der Waals surface area contributed by atoms with Crippen LogP contribution in [0.4, 0.5) is 5.95 Å². The Morgan fingerprint density at radius 1 is 1.28 bits per heavy atom. The fraction of sp³-hybridized carbons (Fsp3) is 0.400. The number of nitrogens with zero attached hydrogens (tertiary/aromatic N) is 2. The quantitative estimate of drug-likeness (QED) is 0.890. The van der Waals surface area contributed by atoms with Crippen molar-refractivity contribution >= 4 is 5.95 Å². The van der Waals surface area contributed by atoms with Crippen LogP contribution in [-0.2, 0) is 0 Å². The third-order valence-electron chi connectivity index (χ3n) is 3.61. The lowest BCUT2D eigenvalue weighted by Gasteiger charge is -2.15. The molecule has 1 aromatic heterocycles. The van der Waals surface area contributed by atoms with Crippen LogP contribution >= 0.6 is 0 Å². The summed E-state index contributed by atoms with van der Waals surface area (Å²) in [4.78, 5) is 4.44. The second-order valence-electron chi connectivity index (χ2n) is 5.09. The molecule has 0 unspecified atom stereocenters. The third-order valence-corrected chi connectivity index (χ3v) is 3.61. The summed E-state index contributed by atoms with van der Waals surface area (Å²) in [5.41, 5.74) is 2.45. The first kappa shape index (κ1) is 11.3. The number of anilines is 1. The molecule has 0 aliphatic heterocycles. The van der Waals surface area contributed by atoms with Gasteiger partial charge in [-0.1, -0.05) is 25.0 Å². The van der Waals surface area contributed by atoms with E-state index in [1.807, 2.05) is 12.4 Å². The first-order chi connectivity index (χ1) is 8.83. The van der Waals surface area contributed by atoms with Crippen molar-refractivity contribution in [2.45, 2.75) is 38.6 Å². The van der Waals surface area contributed by atoms with E-state index in [1.165, 1.54) is 36.9 Å². The van der Waals surface area contributed by atoms with Crippen molar-refractivity contribution < 1.29 is 0 Å². The molecule has 3 heteroatoms. The van der Waals surface area contributed by atoms with E-state index in [1.54, 1.807) is 0 Å². The van der Waals surface area contributed by atoms with Gasteiger partial charge in [-0.25, -0.2) is 4.98 Å². The Bertz CT molecular complexity index is 524. The van der Waals surface area contributed by atoms with Gasteiger partial charge in [-0.05, 0) is 37.5 Å². The second-order valence-corrected chi connectivity index (χ2v) is 5.09. The molecule has 3 rings (SSSR count). The molecular weight excluding hydrogens is 222 g/mol. The minimum Gasteiger partial charge on any atom is -0.353 e. The van der Waals surface area contributed by atoms with Gasteiger partial charge in [-0.2, -0.15) is 0 Å². The lowest BCUT2D eigenvalue weighted by Crippen LogP contribution is -2.17. The summed E-state index contributed by atoms with van der Waals surface area (Å²) in [6.45, 7) is 2.12. The van der Waals surface area contributed by atoms with Gasteiger partial charge in [-0.3, -0.25) is 4.57 Å². The van der Waals surface area contributed by atoms with Crippen molar-refractivity contribution in [2.75, 3.05) is 5.32 Å². The van der Waals surface area contributed by atoms with Crippen molar-refractivity contribution in [3.63, 3.8) is 0 Å². The largest absolute Gasteiger partial charge is 0.353 e. The maximum atomic E-state index is 4.44. The smallest absolute Gasteiger partial charge is 0.207 e. The highest BCUT2D eigenvalue weighted by atomic mass is 15.2. The lowest BCUT2D eigenvalue weighted by atomic mass is 10.2. The molecule has 0 spiro atoms.